The van der Waals surface area contributed by atoms with Crippen LogP contribution in [-0.4, -0.2) is 15.9 Å². The summed E-state index contributed by atoms with van der Waals surface area (Å²) in [5, 5.41) is 2.85. The van der Waals surface area contributed by atoms with E-state index in [1.807, 2.05) is 24.3 Å². The van der Waals surface area contributed by atoms with Crippen LogP contribution in [0, 0.1) is 0 Å². The highest BCUT2D eigenvalue weighted by Gasteiger charge is 2.28. The van der Waals surface area contributed by atoms with Gasteiger partial charge in [0.15, 0.2) is 11.7 Å². The number of carbonyl (C=O) groups is 1. The fraction of sp³-hybridized carbons (Fsp3) is 0.167. The molecule has 0 aliphatic heterocycles. The Kier molecular flexibility index (Phi) is 3.38. The molecule has 23 heavy (non-hydrogen) atoms. The summed E-state index contributed by atoms with van der Waals surface area (Å²) in [7, 11) is 0. The molecule has 1 aliphatic carbocycles. The third-order valence-corrected chi connectivity index (χ3v) is 3.80. The first kappa shape index (κ1) is 13.7. The summed E-state index contributed by atoms with van der Waals surface area (Å²) in [5.41, 5.74) is 2.20. The van der Waals surface area contributed by atoms with Crippen molar-refractivity contribution in [1.82, 2.24) is 9.97 Å². The number of hydrogen-bond acceptors (Lipinski definition) is 4. The second-order valence-electron chi connectivity index (χ2n) is 5.61. The van der Waals surface area contributed by atoms with Gasteiger partial charge in [0.25, 0.3) is 5.91 Å². The zero-order valence-corrected chi connectivity index (χ0v) is 12.4. The van der Waals surface area contributed by atoms with E-state index in [-0.39, 0.29) is 5.91 Å². The summed E-state index contributed by atoms with van der Waals surface area (Å²) >= 11 is 0. The second-order valence-corrected chi connectivity index (χ2v) is 5.61. The minimum absolute atomic E-state index is 0.179. The molecule has 0 unspecified atom stereocenters. The summed E-state index contributed by atoms with van der Waals surface area (Å²) < 4.78 is 5.78. The number of oxazole rings is 1. The predicted octanol–water partition coefficient (Wildman–Crippen LogP) is 3.87. The molecule has 1 N–H and O–H groups in total. The molecule has 114 valence electrons. The number of hydrogen-bond donors (Lipinski definition) is 1. The minimum atomic E-state index is -0.179. The van der Waals surface area contributed by atoms with Crippen molar-refractivity contribution in [3.05, 3.63) is 66.4 Å². The number of benzene rings is 1. The first-order valence-corrected chi connectivity index (χ1v) is 7.57. The van der Waals surface area contributed by atoms with Crippen molar-refractivity contribution in [1.29, 1.82) is 0 Å². The van der Waals surface area contributed by atoms with Crippen LogP contribution in [0.2, 0.25) is 0 Å². The highest BCUT2D eigenvalue weighted by molar-refractivity contribution is 6.04. The van der Waals surface area contributed by atoms with Crippen LogP contribution in [0.25, 0.3) is 11.3 Å². The first-order chi connectivity index (χ1) is 11.3. The number of carbonyl (C=O) groups excluding carboxylic acids is 1. The van der Waals surface area contributed by atoms with E-state index in [2.05, 4.69) is 15.3 Å². The van der Waals surface area contributed by atoms with Crippen molar-refractivity contribution in [2.75, 3.05) is 5.32 Å². The molecule has 0 spiro atoms. The van der Waals surface area contributed by atoms with Crippen LogP contribution in [0.1, 0.15) is 35.0 Å². The van der Waals surface area contributed by atoms with Crippen LogP contribution < -0.4 is 5.32 Å². The molecule has 5 heteroatoms. The molecule has 0 saturated heterocycles. The lowest BCUT2D eigenvalue weighted by Gasteiger charge is -2.05. The van der Waals surface area contributed by atoms with E-state index >= 15 is 0 Å². The van der Waals surface area contributed by atoms with Gasteiger partial charge in [0.2, 0.25) is 0 Å². The zero-order valence-electron chi connectivity index (χ0n) is 12.4. The van der Waals surface area contributed by atoms with Crippen molar-refractivity contribution >= 4 is 11.6 Å². The summed E-state index contributed by atoms with van der Waals surface area (Å²) in [6, 6.07) is 11.0. The first-order valence-electron chi connectivity index (χ1n) is 7.57. The maximum absolute atomic E-state index is 12.1. The van der Waals surface area contributed by atoms with Crippen LogP contribution in [0.4, 0.5) is 5.69 Å². The highest BCUT2D eigenvalue weighted by Crippen LogP contribution is 2.40. The predicted molar refractivity (Wildman–Crippen MR) is 86.1 cm³/mol. The maximum Gasteiger partial charge on any atom is 0.257 e. The van der Waals surface area contributed by atoms with Crippen molar-refractivity contribution in [2.45, 2.75) is 18.8 Å². The highest BCUT2D eigenvalue weighted by atomic mass is 16.4. The van der Waals surface area contributed by atoms with Crippen molar-refractivity contribution in [3.8, 4) is 11.3 Å². The molecule has 1 aromatic carbocycles. The Morgan fingerprint density at radius 1 is 1.13 bits per heavy atom. The lowest BCUT2D eigenvalue weighted by atomic mass is 10.1. The molecule has 0 bridgehead atoms. The van der Waals surface area contributed by atoms with Crippen LogP contribution in [-0.2, 0) is 0 Å². The van der Waals surface area contributed by atoms with E-state index in [1.54, 1.807) is 24.5 Å². The number of pyridine rings is 1. The lowest BCUT2D eigenvalue weighted by molar-refractivity contribution is 0.102. The second kappa shape index (κ2) is 5.68. The van der Waals surface area contributed by atoms with E-state index in [9.17, 15) is 4.79 Å². The topological polar surface area (TPSA) is 68.0 Å². The number of aromatic nitrogens is 2. The normalized spacial score (nSPS) is 13.7. The number of amides is 1. The molecule has 2 aromatic heterocycles. The van der Waals surface area contributed by atoms with Crippen LogP contribution in [0.3, 0.4) is 0 Å². The van der Waals surface area contributed by atoms with Crippen LogP contribution in [0.5, 0.6) is 0 Å². The van der Waals surface area contributed by atoms with E-state index in [0.717, 1.165) is 22.9 Å². The summed E-state index contributed by atoms with van der Waals surface area (Å²) in [6.45, 7) is 0. The van der Waals surface area contributed by atoms with Gasteiger partial charge in [-0.15, -0.1) is 0 Å². The van der Waals surface area contributed by atoms with Crippen molar-refractivity contribution in [2.24, 2.45) is 0 Å². The van der Waals surface area contributed by atoms with Gasteiger partial charge >= 0.3 is 0 Å². The van der Waals surface area contributed by atoms with Gasteiger partial charge in [0.1, 0.15) is 0 Å². The number of nitrogens with one attached hydrogen (secondary N) is 1. The van der Waals surface area contributed by atoms with E-state index in [0.29, 0.717) is 11.5 Å². The largest absolute Gasteiger partial charge is 0.440 e. The van der Waals surface area contributed by atoms with Crippen molar-refractivity contribution in [3.63, 3.8) is 0 Å². The summed E-state index contributed by atoms with van der Waals surface area (Å²) in [5.74, 6) is 1.91. The molecular weight excluding hydrogens is 290 g/mol. The average Bonchev–Trinajstić information content (AvgIpc) is 3.34. The van der Waals surface area contributed by atoms with Gasteiger partial charge in [0, 0.05) is 29.6 Å². The van der Waals surface area contributed by atoms with Gasteiger partial charge in [-0.2, -0.15) is 0 Å². The maximum atomic E-state index is 12.1. The smallest absolute Gasteiger partial charge is 0.257 e. The molecule has 1 saturated carbocycles. The Morgan fingerprint density at radius 3 is 2.65 bits per heavy atom. The Morgan fingerprint density at radius 2 is 1.96 bits per heavy atom. The molecule has 4 rings (SSSR count). The Labute approximate surface area is 133 Å². The third-order valence-electron chi connectivity index (χ3n) is 3.80. The molecule has 0 atom stereocenters. The molecule has 3 aromatic rings. The van der Waals surface area contributed by atoms with E-state index in [1.165, 1.54) is 19.0 Å². The summed E-state index contributed by atoms with van der Waals surface area (Å²) in [4.78, 5) is 20.3. The number of rotatable bonds is 4. The summed E-state index contributed by atoms with van der Waals surface area (Å²) in [6.07, 6.45) is 7.27. The van der Waals surface area contributed by atoms with E-state index in [4.69, 9.17) is 4.42 Å². The van der Waals surface area contributed by atoms with Crippen molar-refractivity contribution < 1.29 is 9.21 Å². The monoisotopic (exact) mass is 305 g/mol. The molecule has 2 heterocycles. The van der Waals surface area contributed by atoms with Gasteiger partial charge in [-0.1, -0.05) is 0 Å². The molecule has 1 fully saturated rings. The number of nitrogens with zero attached hydrogens (tertiary/aromatic N) is 2. The van der Waals surface area contributed by atoms with Gasteiger partial charge in [-0.3, -0.25) is 9.78 Å². The fourth-order valence-electron chi connectivity index (χ4n) is 2.36. The Balaban J connectivity index is 1.48. The molecular formula is C18H15N3O2. The van der Waals surface area contributed by atoms with Gasteiger partial charge in [-0.05, 0) is 49.2 Å². The van der Waals surface area contributed by atoms with Gasteiger partial charge in [-0.25, -0.2) is 4.98 Å². The van der Waals surface area contributed by atoms with E-state index < -0.39 is 0 Å². The quantitative estimate of drug-likeness (QED) is 0.794. The Hall–Kier alpha value is -2.95. The molecule has 5 nitrogen and oxygen atoms in total. The molecule has 1 aliphatic rings. The molecule has 1 amide bonds. The number of anilines is 1. The SMILES string of the molecule is O=C(Nc1ccc(-c2cnc(C3CC3)o2)cc1)c1cccnc1. The van der Waals surface area contributed by atoms with Crippen LogP contribution in [0.15, 0.2) is 59.4 Å². The standard InChI is InChI=1S/C18H15N3O2/c22-17(14-2-1-9-19-10-14)21-15-7-5-12(6-8-15)16-11-20-18(23-16)13-3-4-13/h1-2,5-11,13H,3-4H2,(H,21,22). The van der Waals surface area contributed by atoms with Crippen LogP contribution >= 0.6 is 0 Å². The van der Waals surface area contributed by atoms with Gasteiger partial charge in [0.05, 0.1) is 11.8 Å². The minimum Gasteiger partial charge on any atom is -0.440 e. The molecule has 0 radical (unpaired) electrons. The fourth-order valence-corrected chi connectivity index (χ4v) is 2.36. The lowest BCUT2D eigenvalue weighted by Crippen LogP contribution is -2.11. The third kappa shape index (κ3) is 2.99. The average molecular weight is 305 g/mol. The Bertz CT molecular complexity index is 821. The zero-order chi connectivity index (χ0) is 15.6. The van der Waals surface area contributed by atoms with Gasteiger partial charge < -0.3 is 9.73 Å².